The van der Waals surface area contributed by atoms with E-state index in [-0.39, 0.29) is 12.5 Å². The summed E-state index contributed by atoms with van der Waals surface area (Å²) < 4.78 is 10.4. The van der Waals surface area contributed by atoms with Gasteiger partial charge in [0.25, 0.3) is 0 Å². The van der Waals surface area contributed by atoms with Crippen LogP contribution in [0.3, 0.4) is 0 Å². The van der Waals surface area contributed by atoms with Crippen molar-refractivity contribution in [3.63, 3.8) is 0 Å². The molecule has 5 nitrogen and oxygen atoms in total. The van der Waals surface area contributed by atoms with E-state index in [1.54, 1.807) is 0 Å². The number of carbonyl (C=O) groups is 1. The minimum absolute atomic E-state index is 0.0451. The summed E-state index contributed by atoms with van der Waals surface area (Å²) in [6.07, 6.45) is 3.35. The van der Waals surface area contributed by atoms with E-state index in [1.807, 2.05) is 7.05 Å². The number of carbonyl (C=O) groups excluding carboxylic acids is 1. The Morgan fingerprint density at radius 1 is 1.06 bits per heavy atom. The molecule has 0 aliphatic heterocycles. The quantitative estimate of drug-likeness (QED) is 0.494. The predicted molar refractivity (Wildman–Crippen MR) is 68.1 cm³/mol. The second-order valence-electron chi connectivity index (χ2n) is 3.83. The maximum Gasteiger partial charge on any atom is 0.245 e. The minimum Gasteiger partial charge on any atom is -0.378 e. The molecule has 0 heterocycles. The first-order valence-electron chi connectivity index (χ1n) is 6.38. The van der Waals surface area contributed by atoms with E-state index in [4.69, 9.17) is 9.47 Å². The van der Waals surface area contributed by atoms with Crippen LogP contribution in [0.15, 0.2) is 0 Å². The first-order valence-corrected chi connectivity index (χ1v) is 6.38. The maximum absolute atomic E-state index is 11.3. The highest BCUT2D eigenvalue weighted by atomic mass is 16.5. The lowest BCUT2D eigenvalue weighted by Gasteiger charge is -2.06. The van der Waals surface area contributed by atoms with Crippen LogP contribution in [0.25, 0.3) is 0 Å². The van der Waals surface area contributed by atoms with Crippen LogP contribution >= 0.6 is 0 Å². The zero-order valence-electron chi connectivity index (χ0n) is 11.1. The van der Waals surface area contributed by atoms with Crippen LogP contribution in [0.1, 0.15) is 26.2 Å². The molecule has 0 aromatic carbocycles. The Morgan fingerprint density at radius 3 is 2.53 bits per heavy atom. The second-order valence-corrected chi connectivity index (χ2v) is 3.83. The highest BCUT2D eigenvalue weighted by Gasteiger charge is 1.99. The van der Waals surface area contributed by atoms with Crippen molar-refractivity contribution < 1.29 is 14.3 Å². The molecule has 0 bridgehead atoms. The van der Waals surface area contributed by atoms with Crippen molar-refractivity contribution in [2.75, 3.05) is 46.6 Å². The molecule has 0 unspecified atom stereocenters. The third-order valence-electron chi connectivity index (χ3n) is 2.20. The largest absolute Gasteiger partial charge is 0.378 e. The number of unbranched alkanes of at least 4 members (excludes halogenated alkanes) is 2. The number of hydrogen-bond acceptors (Lipinski definition) is 4. The van der Waals surface area contributed by atoms with Crippen LogP contribution in [0.5, 0.6) is 0 Å². The van der Waals surface area contributed by atoms with Crippen LogP contribution < -0.4 is 10.6 Å². The molecule has 0 saturated carbocycles. The molecule has 2 N–H and O–H groups in total. The Kier molecular flexibility index (Phi) is 12.9. The fraction of sp³-hybridized carbons (Fsp3) is 0.917. The van der Waals surface area contributed by atoms with E-state index in [2.05, 4.69) is 17.6 Å². The first-order chi connectivity index (χ1) is 8.31. The van der Waals surface area contributed by atoms with Gasteiger partial charge in [0.05, 0.1) is 19.8 Å². The van der Waals surface area contributed by atoms with Gasteiger partial charge in [0.2, 0.25) is 5.91 Å². The van der Waals surface area contributed by atoms with Crippen LogP contribution in [-0.4, -0.2) is 52.5 Å². The van der Waals surface area contributed by atoms with Gasteiger partial charge in [-0.2, -0.15) is 0 Å². The normalized spacial score (nSPS) is 10.5. The van der Waals surface area contributed by atoms with Crippen molar-refractivity contribution in [2.45, 2.75) is 26.2 Å². The smallest absolute Gasteiger partial charge is 0.245 e. The van der Waals surface area contributed by atoms with Gasteiger partial charge in [-0.1, -0.05) is 19.8 Å². The Balaban J connectivity index is 3.11. The zero-order chi connectivity index (χ0) is 12.8. The summed E-state index contributed by atoms with van der Waals surface area (Å²) in [5.41, 5.74) is 0. The third-order valence-corrected chi connectivity index (χ3v) is 2.20. The molecule has 0 rings (SSSR count). The van der Waals surface area contributed by atoms with E-state index >= 15 is 0 Å². The van der Waals surface area contributed by atoms with Gasteiger partial charge in [-0.3, -0.25) is 4.79 Å². The third kappa shape index (κ3) is 13.3. The van der Waals surface area contributed by atoms with Crippen LogP contribution in [0, 0.1) is 0 Å². The molecule has 0 fully saturated rings. The van der Waals surface area contributed by atoms with Gasteiger partial charge < -0.3 is 20.1 Å². The first kappa shape index (κ1) is 16.4. The van der Waals surface area contributed by atoms with E-state index in [1.165, 1.54) is 0 Å². The van der Waals surface area contributed by atoms with Gasteiger partial charge in [-0.05, 0) is 13.5 Å². The molecule has 0 aromatic rings. The number of likely N-dealkylation sites (N-methyl/N-ethyl adjacent to an activating group) is 1. The Labute approximate surface area is 104 Å². The Bertz CT molecular complexity index is 177. The fourth-order valence-corrected chi connectivity index (χ4v) is 1.21. The summed E-state index contributed by atoms with van der Waals surface area (Å²) in [4.78, 5) is 11.3. The van der Waals surface area contributed by atoms with Crippen molar-refractivity contribution in [3.8, 4) is 0 Å². The summed E-state index contributed by atoms with van der Waals surface area (Å²) in [7, 11) is 1.88. The zero-order valence-corrected chi connectivity index (χ0v) is 11.1. The Morgan fingerprint density at radius 2 is 1.82 bits per heavy atom. The van der Waals surface area contributed by atoms with Gasteiger partial charge in [0, 0.05) is 13.1 Å². The molecule has 17 heavy (non-hydrogen) atoms. The Hall–Kier alpha value is -0.650. The molecular weight excluding hydrogens is 220 g/mol. The summed E-state index contributed by atoms with van der Waals surface area (Å²) in [5, 5.41) is 5.79. The lowest BCUT2D eigenvalue weighted by molar-refractivity contribution is -0.126. The molecule has 1 amide bonds. The number of nitrogens with one attached hydrogen (secondary N) is 2. The van der Waals surface area contributed by atoms with Crippen molar-refractivity contribution >= 4 is 5.91 Å². The molecule has 0 radical (unpaired) electrons. The molecule has 102 valence electrons. The second kappa shape index (κ2) is 13.4. The standard InChI is InChI=1S/C12H26N2O3/c1-3-4-5-6-14-12(15)11-17-10-9-16-8-7-13-2/h13H,3-11H2,1-2H3,(H,14,15). The van der Waals surface area contributed by atoms with Crippen molar-refractivity contribution in [3.05, 3.63) is 0 Å². The number of amides is 1. The van der Waals surface area contributed by atoms with Gasteiger partial charge in [0.1, 0.15) is 6.61 Å². The molecule has 0 saturated heterocycles. The summed E-state index contributed by atoms with van der Waals surface area (Å²) in [6, 6.07) is 0. The van der Waals surface area contributed by atoms with Crippen LogP contribution in [-0.2, 0) is 14.3 Å². The van der Waals surface area contributed by atoms with Crippen LogP contribution in [0.2, 0.25) is 0 Å². The molecule has 5 heteroatoms. The maximum atomic E-state index is 11.3. The molecule has 0 atom stereocenters. The number of rotatable bonds is 12. The van der Waals surface area contributed by atoms with Gasteiger partial charge in [-0.25, -0.2) is 0 Å². The minimum atomic E-state index is -0.0451. The van der Waals surface area contributed by atoms with Crippen molar-refractivity contribution in [1.82, 2.24) is 10.6 Å². The monoisotopic (exact) mass is 246 g/mol. The molecule has 0 aliphatic carbocycles. The van der Waals surface area contributed by atoms with E-state index in [0.29, 0.717) is 19.8 Å². The van der Waals surface area contributed by atoms with Crippen molar-refractivity contribution in [1.29, 1.82) is 0 Å². The highest BCUT2D eigenvalue weighted by molar-refractivity contribution is 5.77. The summed E-state index contributed by atoms with van der Waals surface area (Å²) in [5.74, 6) is -0.0451. The molecule has 0 aliphatic rings. The summed E-state index contributed by atoms with van der Waals surface area (Å²) in [6.45, 7) is 5.51. The average Bonchev–Trinajstić information content (AvgIpc) is 2.33. The van der Waals surface area contributed by atoms with E-state index < -0.39 is 0 Å². The number of ether oxygens (including phenoxy) is 2. The predicted octanol–water partition coefficient (Wildman–Crippen LogP) is 0.545. The van der Waals surface area contributed by atoms with Crippen LogP contribution in [0.4, 0.5) is 0 Å². The highest BCUT2D eigenvalue weighted by Crippen LogP contribution is 1.90. The molecule has 0 spiro atoms. The molecular formula is C12H26N2O3. The van der Waals surface area contributed by atoms with E-state index in [0.717, 1.165) is 32.4 Å². The number of hydrogen-bond donors (Lipinski definition) is 2. The lowest BCUT2D eigenvalue weighted by Crippen LogP contribution is -2.29. The van der Waals surface area contributed by atoms with Gasteiger partial charge in [-0.15, -0.1) is 0 Å². The topological polar surface area (TPSA) is 59.6 Å². The van der Waals surface area contributed by atoms with E-state index in [9.17, 15) is 4.79 Å². The van der Waals surface area contributed by atoms with Gasteiger partial charge >= 0.3 is 0 Å². The summed E-state index contributed by atoms with van der Waals surface area (Å²) >= 11 is 0. The van der Waals surface area contributed by atoms with Crippen molar-refractivity contribution in [2.24, 2.45) is 0 Å². The average molecular weight is 246 g/mol. The SMILES string of the molecule is CCCCCNC(=O)COCCOCCNC. The lowest BCUT2D eigenvalue weighted by atomic mass is 10.2. The molecule has 0 aromatic heterocycles. The fourth-order valence-electron chi connectivity index (χ4n) is 1.21. The van der Waals surface area contributed by atoms with Gasteiger partial charge in [0.15, 0.2) is 0 Å².